The summed E-state index contributed by atoms with van der Waals surface area (Å²) >= 11 is 0. The molecule has 3 nitrogen and oxygen atoms in total. The van der Waals surface area contributed by atoms with Crippen LogP contribution in [0, 0.1) is 17.8 Å². The monoisotopic (exact) mass is 378 g/mol. The smallest absolute Gasteiger partial charge is 0.119 e. The highest BCUT2D eigenvalue weighted by molar-refractivity contribution is 5.34. The Balaban J connectivity index is 0.00000196. The van der Waals surface area contributed by atoms with Crippen LogP contribution in [0.1, 0.15) is 57.9 Å². The first-order valence-corrected chi connectivity index (χ1v) is 10.2. The summed E-state index contributed by atoms with van der Waals surface area (Å²) in [5.41, 5.74) is 1.98. The van der Waals surface area contributed by atoms with Crippen LogP contribution in [-0.2, 0) is 5.41 Å². The van der Waals surface area contributed by atoms with Gasteiger partial charge in [-0.1, -0.05) is 26.0 Å². The maximum atomic E-state index is 9.98. The maximum Gasteiger partial charge on any atom is 0.119 e. The number of nitrogens with one attached hydrogen (secondary N) is 1. The quantitative estimate of drug-likeness (QED) is 0.740. The zero-order valence-electron chi connectivity index (χ0n) is 16.1. The minimum absolute atomic E-state index is 0. The Hall–Kier alpha value is -0.770. The fourth-order valence-electron chi connectivity index (χ4n) is 5.99. The van der Waals surface area contributed by atoms with Crippen molar-refractivity contribution in [2.45, 2.75) is 69.9 Å². The van der Waals surface area contributed by atoms with Crippen LogP contribution in [0.5, 0.6) is 5.75 Å². The molecule has 0 spiro atoms. The highest BCUT2D eigenvalue weighted by Crippen LogP contribution is 2.60. The van der Waals surface area contributed by atoms with Gasteiger partial charge < -0.3 is 27.6 Å². The predicted octanol–water partition coefficient (Wildman–Crippen LogP) is 0.896. The van der Waals surface area contributed by atoms with E-state index in [1.54, 1.807) is 0 Å². The van der Waals surface area contributed by atoms with E-state index in [1.165, 1.54) is 44.1 Å². The molecule has 146 valence electrons. The van der Waals surface area contributed by atoms with Gasteiger partial charge in [0.2, 0.25) is 0 Å². The largest absolute Gasteiger partial charge is 1.00 e. The molecular formula is C22H33ClNO2-. The second kappa shape index (κ2) is 8.08. The first-order chi connectivity index (χ1) is 12.0. The summed E-state index contributed by atoms with van der Waals surface area (Å²) in [6.45, 7) is 5.08. The molecule has 1 atom stereocenters. The molecule has 4 bridgehead atoms. The van der Waals surface area contributed by atoms with Gasteiger partial charge in [-0.05, 0) is 79.4 Å². The van der Waals surface area contributed by atoms with Crippen LogP contribution in [0.15, 0.2) is 24.3 Å². The summed E-state index contributed by atoms with van der Waals surface area (Å²) < 4.78 is 5.78. The lowest BCUT2D eigenvalue weighted by Crippen LogP contribution is -3.00. The molecule has 1 unspecified atom stereocenters. The van der Waals surface area contributed by atoms with Crippen molar-refractivity contribution in [3.8, 4) is 5.75 Å². The van der Waals surface area contributed by atoms with Gasteiger partial charge in [0.1, 0.15) is 18.5 Å². The molecule has 0 radical (unpaired) electrons. The highest BCUT2D eigenvalue weighted by Gasteiger charge is 2.51. The Labute approximate surface area is 164 Å². The van der Waals surface area contributed by atoms with Gasteiger partial charge in [0.05, 0.1) is 0 Å². The molecule has 4 aliphatic carbocycles. The standard InChI is InChI=1S/C22H33NO2.ClH/c1-15(2)23-13-20(24)14-25-21-5-3-19(4-6-21)22-10-16-7-17(11-22)9-18(8-16)12-22;/h3-6,15-18,20,23-24H,7-14H2,1-2H3;1H/p-1. The molecule has 4 aliphatic rings. The number of hydrogen-bond acceptors (Lipinski definition) is 3. The lowest BCUT2D eigenvalue weighted by molar-refractivity contribution is -0.00524. The first-order valence-electron chi connectivity index (χ1n) is 10.2. The number of ether oxygens (including phenoxy) is 1. The van der Waals surface area contributed by atoms with Crippen LogP contribution >= 0.6 is 0 Å². The van der Waals surface area contributed by atoms with Crippen molar-refractivity contribution in [1.29, 1.82) is 0 Å². The molecule has 0 saturated heterocycles. The van der Waals surface area contributed by atoms with Crippen molar-refractivity contribution >= 4 is 0 Å². The molecule has 4 heteroatoms. The Morgan fingerprint density at radius 3 is 2.08 bits per heavy atom. The van der Waals surface area contributed by atoms with Crippen molar-refractivity contribution in [2.24, 2.45) is 17.8 Å². The fourth-order valence-corrected chi connectivity index (χ4v) is 5.99. The molecule has 5 rings (SSSR count). The summed E-state index contributed by atoms with van der Waals surface area (Å²) in [5, 5.41) is 13.2. The zero-order chi connectivity index (χ0) is 17.4. The number of halogens is 1. The van der Waals surface area contributed by atoms with Crippen LogP contribution in [0.2, 0.25) is 0 Å². The van der Waals surface area contributed by atoms with E-state index in [0.29, 0.717) is 24.6 Å². The summed E-state index contributed by atoms with van der Waals surface area (Å²) in [6.07, 6.45) is 8.20. The van der Waals surface area contributed by atoms with Gasteiger partial charge in [-0.25, -0.2) is 0 Å². The van der Waals surface area contributed by atoms with E-state index in [-0.39, 0.29) is 12.4 Å². The maximum absolute atomic E-state index is 9.98. The number of aliphatic hydroxyl groups excluding tert-OH is 1. The third-order valence-electron chi connectivity index (χ3n) is 6.71. The Bertz CT molecular complexity index is 551. The molecule has 4 saturated carbocycles. The van der Waals surface area contributed by atoms with Gasteiger partial charge in [0.25, 0.3) is 0 Å². The fraction of sp³-hybridized carbons (Fsp3) is 0.727. The second-order valence-electron chi connectivity index (χ2n) is 9.25. The van der Waals surface area contributed by atoms with Crippen molar-refractivity contribution in [3.05, 3.63) is 29.8 Å². The Kier molecular flexibility index (Phi) is 6.21. The zero-order valence-corrected chi connectivity index (χ0v) is 16.8. The predicted molar refractivity (Wildman–Crippen MR) is 101 cm³/mol. The normalized spacial score (nSPS) is 33.2. The van der Waals surface area contributed by atoms with Crippen LogP contribution < -0.4 is 22.5 Å². The second-order valence-corrected chi connectivity index (χ2v) is 9.25. The van der Waals surface area contributed by atoms with Crippen LogP contribution in [0.4, 0.5) is 0 Å². The van der Waals surface area contributed by atoms with Gasteiger partial charge in [0, 0.05) is 12.6 Å². The number of hydrogen-bond donors (Lipinski definition) is 2. The Morgan fingerprint density at radius 1 is 1.04 bits per heavy atom. The van der Waals surface area contributed by atoms with E-state index in [4.69, 9.17) is 4.74 Å². The molecule has 1 aromatic rings. The average Bonchev–Trinajstić information content (AvgIpc) is 2.57. The molecule has 1 aromatic carbocycles. The summed E-state index contributed by atoms with van der Waals surface area (Å²) in [6, 6.07) is 9.18. The van der Waals surface area contributed by atoms with E-state index in [1.807, 2.05) is 0 Å². The highest BCUT2D eigenvalue weighted by atomic mass is 35.5. The number of rotatable bonds is 7. The number of aliphatic hydroxyl groups is 1. The van der Waals surface area contributed by atoms with Crippen molar-refractivity contribution in [2.75, 3.05) is 13.2 Å². The molecule has 2 N–H and O–H groups in total. The third kappa shape index (κ3) is 4.21. The van der Waals surface area contributed by atoms with Crippen molar-refractivity contribution in [3.63, 3.8) is 0 Å². The van der Waals surface area contributed by atoms with Crippen molar-refractivity contribution < 1.29 is 22.3 Å². The molecule has 0 aromatic heterocycles. The van der Waals surface area contributed by atoms with Gasteiger partial charge in [-0.2, -0.15) is 0 Å². The summed E-state index contributed by atoms with van der Waals surface area (Å²) in [4.78, 5) is 0. The minimum atomic E-state index is -0.467. The van der Waals surface area contributed by atoms with Gasteiger partial charge in [-0.3, -0.25) is 0 Å². The molecule has 4 fully saturated rings. The van der Waals surface area contributed by atoms with Gasteiger partial charge in [-0.15, -0.1) is 0 Å². The van der Waals surface area contributed by atoms with E-state index in [0.717, 1.165) is 23.5 Å². The van der Waals surface area contributed by atoms with Gasteiger partial charge >= 0.3 is 0 Å². The minimum Gasteiger partial charge on any atom is -1.00 e. The Morgan fingerprint density at radius 2 is 1.58 bits per heavy atom. The SMILES string of the molecule is CC(C)NCC(O)COc1ccc(C23CC4CC(CC(C4)C2)C3)cc1.[Cl-]. The molecule has 26 heavy (non-hydrogen) atoms. The molecule has 0 heterocycles. The molecular weight excluding hydrogens is 346 g/mol. The van der Waals surface area contributed by atoms with E-state index in [9.17, 15) is 5.11 Å². The van der Waals surface area contributed by atoms with Gasteiger partial charge in [0.15, 0.2) is 0 Å². The molecule has 0 aliphatic heterocycles. The average molecular weight is 379 g/mol. The lowest BCUT2D eigenvalue weighted by atomic mass is 9.48. The lowest BCUT2D eigenvalue weighted by Gasteiger charge is -2.57. The third-order valence-corrected chi connectivity index (χ3v) is 6.71. The first kappa shape index (κ1) is 20.0. The van der Waals surface area contributed by atoms with E-state index < -0.39 is 6.10 Å². The number of benzene rings is 1. The summed E-state index contributed by atoms with van der Waals surface area (Å²) in [7, 11) is 0. The van der Waals surface area contributed by atoms with E-state index >= 15 is 0 Å². The summed E-state index contributed by atoms with van der Waals surface area (Å²) in [5.74, 6) is 3.81. The van der Waals surface area contributed by atoms with Crippen LogP contribution in [0.3, 0.4) is 0 Å². The van der Waals surface area contributed by atoms with Crippen molar-refractivity contribution in [1.82, 2.24) is 5.32 Å². The van der Waals surface area contributed by atoms with E-state index in [2.05, 4.69) is 43.4 Å². The topological polar surface area (TPSA) is 41.5 Å². The van der Waals surface area contributed by atoms with Crippen LogP contribution in [-0.4, -0.2) is 30.4 Å². The molecule has 0 amide bonds. The van der Waals surface area contributed by atoms with Crippen LogP contribution in [0.25, 0.3) is 0 Å².